The summed E-state index contributed by atoms with van der Waals surface area (Å²) in [5, 5.41) is 8.16. The second-order valence-electron chi connectivity index (χ2n) is 7.03. The Morgan fingerprint density at radius 3 is 2.73 bits per heavy atom. The van der Waals surface area contributed by atoms with Gasteiger partial charge in [-0.2, -0.15) is 9.61 Å². The van der Waals surface area contributed by atoms with Crippen LogP contribution in [0.4, 0.5) is 5.82 Å². The minimum atomic E-state index is -0.235. The number of carbonyl (C=O) groups excluding carboxylic acids is 1. The highest BCUT2D eigenvalue weighted by Gasteiger charge is 2.32. The lowest BCUT2D eigenvalue weighted by Gasteiger charge is -2.20. The fraction of sp³-hybridized carbons (Fsp3) is 0.350. The summed E-state index contributed by atoms with van der Waals surface area (Å²) < 4.78 is 1.84. The van der Waals surface area contributed by atoms with E-state index in [9.17, 15) is 4.79 Å². The van der Waals surface area contributed by atoms with Crippen molar-refractivity contribution in [2.45, 2.75) is 39.2 Å². The van der Waals surface area contributed by atoms with Crippen molar-refractivity contribution in [2.24, 2.45) is 11.7 Å². The first-order valence-corrected chi connectivity index (χ1v) is 9.03. The molecule has 0 bridgehead atoms. The van der Waals surface area contributed by atoms with E-state index in [1.165, 1.54) is 0 Å². The van der Waals surface area contributed by atoms with E-state index in [-0.39, 0.29) is 17.9 Å². The van der Waals surface area contributed by atoms with Crippen LogP contribution in [0.25, 0.3) is 16.9 Å². The molecule has 1 amide bonds. The number of carbonyl (C=O) groups is 1. The number of benzene rings is 1. The molecule has 4 rings (SSSR count). The Bertz CT molecular complexity index is 963. The zero-order valence-electron chi connectivity index (χ0n) is 15.1. The maximum absolute atomic E-state index is 11.8. The standard InChI is InChI=1S/C20H23N5O/c1-12-13(2)24-25-18(22-16-10-6-9-15(16)19(21)26)11-17(23-20(12)25)14-7-4-3-5-8-14/h3-5,7-8,11,15-16,22H,6,9-10H2,1-2H3,(H2,21,26)/t15-,16+/m1/s1. The van der Waals surface area contributed by atoms with E-state index in [2.05, 4.69) is 10.4 Å². The molecular weight excluding hydrogens is 326 g/mol. The lowest BCUT2D eigenvalue weighted by Crippen LogP contribution is -2.34. The van der Waals surface area contributed by atoms with Crippen LogP contribution in [-0.2, 0) is 4.79 Å². The highest BCUT2D eigenvalue weighted by Crippen LogP contribution is 2.30. The van der Waals surface area contributed by atoms with Crippen molar-refractivity contribution in [3.63, 3.8) is 0 Å². The Balaban J connectivity index is 1.82. The first-order valence-electron chi connectivity index (χ1n) is 9.03. The van der Waals surface area contributed by atoms with Gasteiger partial charge in [0, 0.05) is 23.2 Å². The van der Waals surface area contributed by atoms with Gasteiger partial charge < -0.3 is 11.1 Å². The van der Waals surface area contributed by atoms with Crippen molar-refractivity contribution >= 4 is 17.4 Å². The molecule has 134 valence electrons. The minimum absolute atomic E-state index is 0.0338. The van der Waals surface area contributed by atoms with Gasteiger partial charge in [0.05, 0.1) is 17.3 Å². The molecule has 3 aromatic rings. The predicted molar refractivity (Wildman–Crippen MR) is 102 cm³/mol. The maximum atomic E-state index is 11.8. The molecule has 26 heavy (non-hydrogen) atoms. The molecule has 0 radical (unpaired) electrons. The van der Waals surface area contributed by atoms with Crippen LogP contribution in [0.15, 0.2) is 36.4 Å². The van der Waals surface area contributed by atoms with Gasteiger partial charge in [-0.05, 0) is 26.7 Å². The van der Waals surface area contributed by atoms with Gasteiger partial charge in [0.1, 0.15) is 5.82 Å². The summed E-state index contributed by atoms with van der Waals surface area (Å²) >= 11 is 0. The summed E-state index contributed by atoms with van der Waals surface area (Å²) in [7, 11) is 0. The monoisotopic (exact) mass is 349 g/mol. The Kier molecular flexibility index (Phi) is 4.11. The number of aryl methyl sites for hydroxylation is 2. The van der Waals surface area contributed by atoms with Gasteiger partial charge >= 0.3 is 0 Å². The van der Waals surface area contributed by atoms with E-state index >= 15 is 0 Å². The highest BCUT2D eigenvalue weighted by molar-refractivity contribution is 5.78. The summed E-state index contributed by atoms with van der Waals surface area (Å²) in [5.74, 6) is 0.473. The summed E-state index contributed by atoms with van der Waals surface area (Å²) in [4.78, 5) is 16.6. The van der Waals surface area contributed by atoms with E-state index in [4.69, 9.17) is 10.7 Å². The number of aromatic nitrogens is 3. The van der Waals surface area contributed by atoms with Crippen LogP contribution in [0.3, 0.4) is 0 Å². The first-order chi connectivity index (χ1) is 12.5. The number of nitrogens with one attached hydrogen (secondary N) is 1. The number of hydrogen-bond donors (Lipinski definition) is 2. The third kappa shape index (κ3) is 2.81. The van der Waals surface area contributed by atoms with Gasteiger partial charge in [-0.3, -0.25) is 4.79 Å². The summed E-state index contributed by atoms with van der Waals surface area (Å²) in [6.07, 6.45) is 2.77. The lowest BCUT2D eigenvalue weighted by molar-refractivity contribution is -0.121. The molecule has 1 aliphatic carbocycles. The van der Waals surface area contributed by atoms with Gasteiger partial charge in [0.15, 0.2) is 5.65 Å². The second kappa shape index (κ2) is 6.44. The molecule has 0 saturated heterocycles. The van der Waals surface area contributed by atoms with Crippen molar-refractivity contribution in [3.05, 3.63) is 47.7 Å². The van der Waals surface area contributed by atoms with Gasteiger partial charge in [0.25, 0.3) is 0 Å². The van der Waals surface area contributed by atoms with E-state index in [1.54, 1.807) is 0 Å². The number of anilines is 1. The fourth-order valence-corrected chi connectivity index (χ4v) is 3.75. The number of nitrogens with zero attached hydrogens (tertiary/aromatic N) is 3. The molecule has 1 aliphatic rings. The quantitative estimate of drug-likeness (QED) is 0.758. The fourth-order valence-electron chi connectivity index (χ4n) is 3.75. The molecule has 1 saturated carbocycles. The molecule has 1 fully saturated rings. The highest BCUT2D eigenvalue weighted by atomic mass is 16.1. The van der Waals surface area contributed by atoms with Gasteiger partial charge in [-0.1, -0.05) is 36.8 Å². The number of amides is 1. The number of primary amides is 1. The molecule has 2 heterocycles. The molecule has 1 aromatic carbocycles. The number of rotatable bonds is 4. The number of nitrogens with two attached hydrogens (primary N) is 1. The summed E-state index contributed by atoms with van der Waals surface area (Å²) in [5.41, 5.74) is 10.4. The zero-order valence-corrected chi connectivity index (χ0v) is 15.1. The average molecular weight is 349 g/mol. The SMILES string of the molecule is Cc1nn2c(N[C@H]3CCC[C@H]3C(N)=O)cc(-c3ccccc3)nc2c1C. The van der Waals surface area contributed by atoms with Crippen molar-refractivity contribution in [2.75, 3.05) is 5.32 Å². The molecule has 3 N–H and O–H groups in total. The average Bonchev–Trinajstić information content (AvgIpc) is 3.21. The van der Waals surface area contributed by atoms with Crippen LogP contribution < -0.4 is 11.1 Å². The number of fused-ring (bicyclic) bond motifs is 1. The van der Waals surface area contributed by atoms with Crippen molar-refractivity contribution in [3.8, 4) is 11.3 Å². The van der Waals surface area contributed by atoms with Crippen LogP contribution in [-0.4, -0.2) is 26.5 Å². The van der Waals surface area contributed by atoms with Crippen molar-refractivity contribution < 1.29 is 4.79 Å². The molecule has 2 aromatic heterocycles. The maximum Gasteiger partial charge on any atom is 0.222 e. The van der Waals surface area contributed by atoms with Gasteiger partial charge in [-0.15, -0.1) is 0 Å². The summed E-state index contributed by atoms with van der Waals surface area (Å²) in [6.45, 7) is 4.02. The molecule has 2 atom stereocenters. The zero-order chi connectivity index (χ0) is 18.3. The predicted octanol–water partition coefficient (Wildman–Crippen LogP) is 3.08. The van der Waals surface area contributed by atoms with Crippen molar-refractivity contribution in [1.82, 2.24) is 14.6 Å². The third-order valence-corrected chi connectivity index (χ3v) is 5.34. The normalized spacial score (nSPS) is 19.8. The van der Waals surface area contributed by atoms with E-state index in [0.717, 1.165) is 53.2 Å². The largest absolute Gasteiger partial charge is 0.369 e. The Labute approximate surface area is 152 Å². The molecule has 0 aliphatic heterocycles. The third-order valence-electron chi connectivity index (χ3n) is 5.34. The van der Waals surface area contributed by atoms with E-state index < -0.39 is 0 Å². The smallest absolute Gasteiger partial charge is 0.222 e. The molecule has 0 spiro atoms. The minimum Gasteiger partial charge on any atom is -0.369 e. The summed E-state index contributed by atoms with van der Waals surface area (Å²) in [6, 6.07) is 12.1. The van der Waals surface area contributed by atoms with Crippen LogP contribution in [0.5, 0.6) is 0 Å². The molecular formula is C20H23N5O. The topological polar surface area (TPSA) is 85.3 Å². The number of hydrogen-bond acceptors (Lipinski definition) is 4. The van der Waals surface area contributed by atoms with Crippen LogP contribution in [0, 0.1) is 19.8 Å². The van der Waals surface area contributed by atoms with Gasteiger partial charge in [0.2, 0.25) is 5.91 Å². The lowest BCUT2D eigenvalue weighted by atomic mass is 10.0. The van der Waals surface area contributed by atoms with Crippen LogP contribution in [0.2, 0.25) is 0 Å². The van der Waals surface area contributed by atoms with Crippen LogP contribution in [0.1, 0.15) is 30.5 Å². The Morgan fingerprint density at radius 1 is 1.23 bits per heavy atom. The second-order valence-corrected chi connectivity index (χ2v) is 7.03. The van der Waals surface area contributed by atoms with Crippen LogP contribution >= 0.6 is 0 Å². The van der Waals surface area contributed by atoms with Crippen molar-refractivity contribution in [1.29, 1.82) is 0 Å². The molecule has 0 unspecified atom stereocenters. The van der Waals surface area contributed by atoms with E-state index in [0.29, 0.717) is 0 Å². The van der Waals surface area contributed by atoms with E-state index in [1.807, 2.05) is 54.8 Å². The Hall–Kier alpha value is -2.89. The Morgan fingerprint density at radius 2 is 2.00 bits per heavy atom. The van der Waals surface area contributed by atoms with Gasteiger partial charge in [-0.25, -0.2) is 4.98 Å². The molecule has 6 nitrogen and oxygen atoms in total. The first kappa shape index (κ1) is 16.6. The molecule has 6 heteroatoms.